The molecular weight excluding hydrogens is 608 g/mol. The van der Waals surface area contributed by atoms with Crippen LogP contribution < -0.4 is 0 Å². The number of hydrogen-bond acceptors (Lipinski definition) is 14. The Morgan fingerprint density at radius 3 is 1.85 bits per heavy atom. The van der Waals surface area contributed by atoms with Crippen LogP contribution in [-0.2, 0) is 33.2 Å². The highest BCUT2D eigenvalue weighted by molar-refractivity contribution is 5.66. The number of rotatable bonds is 23. The van der Waals surface area contributed by atoms with Crippen molar-refractivity contribution in [3.63, 3.8) is 0 Å². The Morgan fingerprint density at radius 2 is 1.24 bits per heavy atom. The molecule has 2 saturated heterocycles. The van der Waals surface area contributed by atoms with Crippen LogP contribution in [0.5, 0.6) is 0 Å². The van der Waals surface area contributed by atoms with Crippen molar-refractivity contribution < 1.29 is 69.0 Å². The predicted molar refractivity (Wildman–Crippen MR) is 164 cm³/mol. The van der Waals surface area contributed by atoms with E-state index in [-0.39, 0.29) is 13.2 Å². The molecule has 11 unspecified atom stereocenters. The van der Waals surface area contributed by atoms with Crippen LogP contribution in [0.25, 0.3) is 0 Å². The Bertz CT molecular complexity index is 829. The largest absolute Gasteiger partial charge is 0.458 e. The third-order valence-electron chi connectivity index (χ3n) is 8.07. The summed E-state index contributed by atoms with van der Waals surface area (Å²) in [6, 6.07) is 0. The van der Waals surface area contributed by atoms with Crippen molar-refractivity contribution in [2.24, 2.45) is 0 Å². The second-order valence-corrected chi connectivity index (χ2v) is 12.1. The zero-order valence-electron chi connectivity index (χ0n) is 27.3. The first-order valence-electron chi connectivity index (χ1n) is 16.7. The second kappa shape index (κ2) is 23.1. The molecule has 0 radical (unpaired) electrons. The molecule has 46 heavy (non-hydrogen) atoms. The Labute approximate surface area is 272 Å². The molecule has 11 atom stereocenters. The van der Waals surface area contributed by atoms with Crippen LogP contribution in [0.2, 0.25) is 0 Å². The summed E-state index contributed by atoms with van der Waals surface area (Å²) >= 11 is 0. The van der Waals surface area contributed by atoms with E-state index in [1.807, 2.05) is 0 Å². The lowest BCUT2D eigenvalue weighted by Gasteiger charge is -2.42. The first kappa shape index (κ1) is 40.9. The van der Waals surface area contributed by atoms with Gasteiger partial charge in [0, 0.05) is 13.5 Å². The molecule has 2 aliphatic heterocycles. The minimum absolute atomic E-state index is 0.0435. The lowest BCUT2D eigenvalue weighted by molar-refractivity contribution is -0.332. The topological polar surface area (TPSA) is 214 Å². The molecule has 2 heterocycles. The van der Waals surface area contributed by atoms with Crippen molar-refractivity contribution in [1.82, 2.24) is 0 Å². The maximum absolute atomic E-state index is 11.6. The monoisotopic (exact) mass is 666 g/mol. The molecule has 2 fully saturated rings. The average Bonchev–Trinajstić information content (AvgIpc) is 3.03. The number of esters is 1. The lowest BCUT2D eigenvalue weighted by Crippen LogP contribution is -2.61. The molecule has 2 rings (SSSR count). The lowest BCUT2D eigenvalue weighted by atomic mass is 9.98. The van der Waals surface area contributed by atoms with Crippen LogP contribution in [0.4, 0.5) is 0 Å². The van der Waals surface area contributed by atoms with Crippen molar-refractivity contribution in [3.05, 3.63) is 12.2 Å². The summed E-state index contributed by atoms with van der Waals surface area (Å²) in [7, 11) is 0. The number of allylic oxidation sites excluding steroid dienone is 2. The minimum atomic E-state index is -1.70. The summed E-state index contributed by atoms with van der Waals surface area (Å²) in [4.78, 5) is 11.6. The van der Waals surface area contributed by atoms with Gasteiger partial charge in [0.05, 0.1) is 26.4 Å². The van der Waals surface area contributed by atoms with Crippen LogP contribution in [0, 0.1) is 0 Å². The highest BCUT2D eigenvalue weighted by atomic mass is 16.7. The van der Waals surface area contributed by atoms with Crippen LogP contribution >= 0.6 is 0 Å². The molecule has 2 aliphatic rings. The summed E-state index contributed by atoms with van der Waals surface area (Å²) in [5, 5.41) is 70.6. The highest BCUT2D eigenvalue weighted by Crippen LogP contribution is 2.26. The van der Waals surface area contributed by atoms with E-state index in [4.69, 9.17) is 28.4 Å². The summed E-state index contributed by atoms with van der Waals surface area (Å²) in [5.74, 6) is -0.556. The van der Waals surface area contributed by atoms with Gasteiger partial charge in [-0.05, 0) is 32.1 Å². The number of aliphatic hydroxyl groups is 7. The maximum atomic E-state index is 11.6. The number of ether oxygens (including phenoxy) is 6. The fraction of sp³-hybridized carbons (Fsp3) is 0.906. The van der Waals surface area contributed by atoms with E-state index in [1.54, 1.807) is 0 Å². The molecule has 0 spiro atoms. The van der Waals surface area contributed by atoms with E-state index >= 15 is 0 Å². The molecule has 0 saturated carbocycles. The molecule has 0 bridgehead atoms. The minimum Gasteiger partial charge on any atom is -0.458 e. The highest BCUT2D eigenvalue weighted by Gasteiger charge is 2.47. The second-order valence-electron chi connectivity index (χ2n) is 12.1. The first-order valence-corrected chi connectivity index (χ1v) is 16.7. The zero-order valence-corrected chi connectivity index (χ0v) is 27.3. The molecule has 270 valence electrons. The SMILES string of the molecule is CCCCC/C=C\CCCCCCCCOCC(COC1OC(COC2OC(CO)C(O)C(O)C2O)C(O)C(O)C1O)OC(C)=O. The van der Waals surface area contributed by atoms with Crippen LogP contribution in [-0.4, -0.2) is 142 Å². The zero-order chi connectivity index (χ0) is 33.9. The average molecular weight is 667 g/mol. The van der Waals surface area contributed by atoms with E-state index in [2.05, 4.69) is 19.1 Å². The molecule has 14 heteroatoms. The van der Waals surface area contributed by atoms with E-state index in [1.165, 1.54) is 51.9 Å². The summed E-state index contributed by atoms with van der Waals surface area (Å²) in [6.07, 6.45) is 1.15. The van der Waals surface area contributed by atoms with Gasteiger partial charge in [0.25, 0.3) is 0 Å². The summed E-state index contributed by atoms with van der Waals surface area (Å²) in [6.45, 7) is 2.60. The van der Waals surface area contributed by atoms with Gasteiger partial charge in [-0.3, -0.25) is 4.79 Å². The molecule has 0 aromatic carbocycles. The third-order valence-corrected chi connectivity index (χ3v) is 8.07. The van der Waals surface area contributed by atoms with Crippen LogP contribution in [0.15, 0.2) is 12.2 Å². The first-order chi connectivity index (χ1) is 22.1. The normalized spacial score (nSPS) is 32.5. The van der Waals surface area contributed by atoms with Gasteiger partial charge in [-0.1, -0.05) is 57.6 Å². The van der Waals surface area contributed by atoms with E-state index in [0.29, 0.717) is 6.61 Å². The van der Waals surface area contributed by atoms with Crippen LogP contribution in [0.3, 0.4) is 0 Å². The fourth-order valence-electron chi connectivity index (χ4n) is 5.28. The van der Waals surface area contributed by atoms with Crippen LogP contribution in [0.1, 0.15) is 84.5 Å². The number of hydrogen-bond donors (Lipinski definition) is 7. The standard InChI is InChI=1S/C32H58O14/c1-3-4-5-6-7-8-9-10-11-12-13-14-15-16-41-18-22(44-21(2)34)19-42-31-30(40)28(38)26(36)24(46-31)20-43-32-29(39)27(37)25(35)23(17-33)45-32/h7-8,22-33,35-40H,3-6,9-20H2,1-2H3/b8-7-. The van der Waals surface area contributed by atoms with Crippen molar-refractivity contribution in [2.75, 3.05) is 33.0 Å². The molecular formula is C32H58O14. The van der Waals surface area contributed by atoms with Crippen molar-refractivity contribution in [3.8, 4) is 0 Å². The van der Waals surface area contributed by atoms with E-state index in [0.717, 1.165) is 25.7 Å². The quantitative estimate of drug-likeness (QED) is 0.0448. The molecule has 0 aromatic rings. The van der Waals surface area contributed by atoms with Crippen molar-refractivity contribution >= 4 is 5.97 Å². The van der Waals surface area contributed by atoms with Gasteiger partial charge in [0.15, 0.2) is 12.6 Å². The van der Waals surface area contributed by atoms with Gasteiger partial charge < -0.3 is 64.2 Å². The smallest absolute Gasteiger partial charge is 0.303 e. The predicted octanol–water partition coefficient (Wildman–Crippen LogP) is 0.443. The summed E-state index contributed by atoms with van der Waals surface area (Å²) < 4.78 is 32.9. The number of carbonyl (C=O) groups excluding carboxylic acids is 1. The van der Waals surface area contributed by atoms with Gasteiger partial charge in [-0.25, -0.2) is 0 Å². The molecule has 0 aromatic heterocycles. The Morgan fingerprint density at radius 1 is 0.696 bits per heavy atom. The van der Waals surface area contributed by atoms with Gasteiger partial charge in [0.2, 0.25) is 0 Å². The molecule has 14 nitrogen and oxygen atoms in total. The Balaban J connectivity index is 1.70. The van der Waals surface area contributed by atoms with E-state index in [9.17, 15) is 40.5 Å². The number of aliphatic hydroxyl groups excluding tert-OH is 7. The Kier molecular flexibility index (Phi) is 20.6. The van der Waals surface area contributed by atoms with Crippen molar-refractivity contribution in [1.29, 1.82) is 0 Å². The molecule has 0 amide bonds. The number of unbranched alkanes of at least 4 members (excludes halogenated alkanes) is 9. The summed E-state index contributed by atoms with van der Waals surface area (Å²) in [5.41, 5.74) is 0. The maximum Gasteiger partial charge on any atom is 0.303 e. The van der Waals surface area contributed by atoms with Gasteiger partial charge in [-0.15, -0.1) is 0 Å². The van der Waals surface area contributed by atoms with Gasteiger partial charge in [-0.2, -0.15) is 0 Å². The van der Waals surface area contributed by atoms with E-state index < -0.39 is 86.7 Å². The van der Waals surface area contributed by atoms with Gasteiger partial charge in [0.1, 0.15) is 54.9 Å². The molecule has 0 aliphatic carbocycles. The Hall–Kier alpha value is -1.27. The van der Waals surface area contributed by atoms with Crippen molar-refractivity contribution in [2.45, 2.75) is 152 Å². The fourth-order valence-corrected chi connectivity index (χ4v) is 5.28. The third kappa shape index (κ3) is 14.5. The van der Waals surface area contributed by atoms with Gasteiger partial charge >= 0.3 is 5.97 Å². The molecule has 7 N–H and O–H groups in total. The number of carbonyl (C=O) groups is 1.